The highest BCUT2D eigenvalue weighted by Gasteiger charge is 2.24. The van der Waals surface area contributed by atoms with Crippen LogP contribution in [0.3, 0.4) is 0 Å². The highest BCUT2D eigenvalue weighted by molar-refractivity contribution is 6.35. The van der Waals surface area contributed by atoms with Gasteiger partial charge >= 0.3 is 11.8 Å². The van der Waals surface area contributed by atoms with Gasteiger partial charge in [0.15, 0.2) is 0 Å². The van der Waals surface area contributed by atoms with Crippen LogP contribution in [0, 0.1) is 5.92 Å². The fraction of sp³-hybridized carbons (Fsp3) is 0.300. The first-order valence-corrected chi connectivity index (χ1v) is 8.14. The predicted octanol–water partition coefficient (Wildman–Crippen LogP) is 3.16. The molecule has 2 aromatic carbocycles. The molecule has 126 valence electrons. The van der Waals surface area contributed by atoms with Crippen LogP contribution in [0.5, 0.6) is 0 Å². The molecular weight excluding hydrogens is 300 g/mol. The van der Waals surface area contributed by atoms with E-state index in [1.54, 1.807) is 7.05 Å². The molecular formula is C20H24N2O2. The number of amides is 2. The molecule has 1 unspecified atom stereocenters. The zero-order chi connectivity index (χ0) is 17.5. The Balaban J connectivity index is 2.02. The number of hydrogen-bond acceptors (Lipinski definition) is 2. The number of nitrogens with one attached hydrogen (secondary N) is 1. The third kappa shape index (κ3) is 4.69. The Morgan fingerprint density at radius 2 is 1.50 bits per heavy atom. The lowest BCUT2D eigenvalue weighted by atomic mass is 9.96. The van der Waals surface area contributed by atoms with Crippen molar-refractivity contribution in [3.05, 3.63) is 71.8 Å². The minimum absolute atomic E-state index is 0.184. The Bertz CT molecular complexity index is 669. The number of carbonyl (C=O) groups is 2. The Labute approximate surface area is 143 Å². The molecule has 0 fully saturated rings. The molecule has 0 radical (unpaired) electrons. The van der Waals surface area contributed by atoms with E-state index < -0.39 is 11.8 Å². The van der Waals surface area contributed by atoms with Crippen LogP contribution in [0.25, 0.3) is 0 Å². The van der Waals surface area contributed by atoms with Crippen LogP contribution in [0.2, 0.25) is 0 Å². The van der Waals surface area contributed by atoms with Crippen LogP contribution in [0.1, 0.15) is 31.0 Å². The summed E-state index contributed by atoms with van der Waals surface area (Å²) in [4.78, 5) is 26.1. The van der Waals surface area contributed by atoms with Crippen molar-refractivity contribution in [2.75, 3.05) is 7.05 Å². The van der Waals surface area contributed by atoms with Gasteiger partial charge in [-0.05, 0) is 17.0 Å². The van der Waals surface area contributed by atoms with Crippen LogP contribution in [0.15, 0.2) is 60.7 Å². The van der Waals surface area contributed by atoms with Gasteiger partial charge in [0.1, 0.15) is 0 Å². The van der Waals surface area contributed by atoms with Crippen LogP contribution < -0.4 is 5.32 Å². The first kappa shape index (κ1) is 17.7. The van der Waals surface area contributed by atoms with Gasteiger partial charge in [-0.25, -0.2) is 0 Å². The summed E-state index contributed by atoms with van der Waals surface area (Å²) < 4.78 is 0. The van der Waals surface area contributed by atoms with Gasteiger partial charge in [-0.15, -0.1) is 0 Å². The van der Waals surface area contributed by atoms with Gasteiger partial charge in [0.25, 0.3) is 0 Å². The number of nitrogens with zero attached hydrogens (tertiary/aromatic N) is 1. The van der Waals surface area contributed by atoms with Crippen LogP contribution in [-0.4, -0.2) is 23.8 Å². The molecule has 0 saturated carbocycles. The SMILES string of the molecule is CC(C)C(NC(=O)C(=O)N(C)Cc1ccccc1)c1ccccc1. The summed E-state index contributed by atoms with van der Waals surface area (Å²) >= 11 is 0. The van der Waals surface area contributed by atoms with Crippen LogP contribution in [0.4, 0.5) is 0 Å². The van der Waals surface area contributed by atoms with Gasteiger partial charge < -0.3 is 10.2 Å². The molecule has 24 heavy (non-hydrogen) atoms. The summed E-state index contributed by atoms with van der Waals surface area (Å²) in [6.07, 6.45) is 0. The molecule has 4 heteroatoms. The topological polar surface area (TPSA) is 49.4 Å². The molecule has 0 bridgehead atoms. The van der Waals surface area contributed by atoms with E-state index in [4.69, 9.17) is 0 Å². The van der Waals surface area contributed by atoms with Crippen molar-refractivity contribution < 1.29 is 9.59 Å². The Morgan fingerprint density at radius 3 is 2.04 bits per heavy atom. The third-order valence-electron chi connectivity index (χ3n) is 3.92. The van der Waals surface area contributed by atoms with Crippen molar-refractivity contribution in [2.45, 2.75) is 26.4 Å². The molecule has 0 saturated heterocycles. The second-order valence-corrected chi connectivity index (χ2v) is 6.25. The van der Waals surface area contributed by atoms with Crippen molar-refractivity contribution in [1.82, 2.24) is 10.2 Å². The highest BCUT2D eigenvalue weighted by atomic mass is 16.2. The van der Waals surface area contributed by atoms with E-state index in [2.05, 4.69) is 5.32 Å². The van der Waals surface area contributed by atoms with Crippen molar-refractivity contribution in [1.29, 1.82) is 0 Å². The molecule has 2 aromatic rings. The largest absolute Gasteiger partial charge is 0.341 e. The quantitative estimate of drug-likeness (QED) is 0.859. The van der Waals surface area contributed by atoms with E-state index in [1.807, 2.05) is 74.5 Å². The van der Waals surface area contributed by atoms with Crippen molar-refractivity contribution in [3.8, 4) is 0 Å². The van der Waals surface area contributed by atoms with Crippen molar-refractivity contribution in [2.24, 2.45) is 5.92 Å². The summed E-state index contributed by atoms with van der Waals surface area (Å²) in [5.41, 5.74) is 1.99. The van der Waals surface area contributed by atoms with Gasteiger partial charge in [-0.2, -0.15) is 0 Å². The summed E-state index contributed by atoms with van der Waals surface area (Å²) in [5, 5.41) is 2.87. The molecule has 2 amide bonds. The monoisotopic (exact) mass is 324 g/mol. The molecule has 0 aromatic heterocycles. The lowest BCUT2D eigenvalue weighted by Gasteiger charge is -2.24. The lowest BCUT2D eigenvalue weighted by molar-refractivity contribution is -0.145. The minimum atomic E-state index is -0.573. The van der Waals surface area contributed by atoms with E-state index in [0.717, 1.165) is 11.1 Å². The molecule has 4 nitrogen and oxygen atoms in total. The molecule has 0 aliphatic carbocycles. The molecule has 0 heterocycles. The second-order valence-electron chi connectivity index (χ2n) is 6.25. The zero-order valence-electron chi connectivity index (χ0n) is 14.4. The van der Waals surface area contributed by atoms with Gasteiger partial charge in [-0.3, -0.25) is 9.59 Å². The van der Waals surface area contributed by atoms with E-state index in [9.17, 15) is 9.59 Å². The first-order chi connectivity index (χ1) is 11.5. The molecule has 1 N–H and O–H groups in total. The van der Waals surface area contributed by atoms with E-state index >= 15 is 0 Å². The average Bonchev–Trinajstić information content (AvgIpc) is 2.60. The summed E-state index contributed by atoms with van der Waals surface area (Å²) in [5.74, 6) is -0.917. The van der Waals surface area contributed by atoms with Gasteiger partial charge in [-0.1, -0.05) is 74.5 Å². The number of carbonyl (C=O) groups excluding carboxylic acids is 2. The first-order valence-electron chi connectivity index (χ1n) is 8.14. The predicted molar refractivity (Wildman–Crippen MR) is 95.1 cm³/mol. The van der Waals surface area contributed by atoms with E-state index in [-0.39, 0.29) is 12.0 Å². The van der Waals surface area contributed by atoms with Crippen molar-refractivity contribution >= 4 is 11.8 Å². The standard InChI is InChI=1S/C20H24N2O2/c1-15(2)18(17-12-8-5-9-13-17)21-19(23)20(24)22(3)14-16-10-6-4-7-11-16/h4-13,15,18H,14H2,1-3H3,(H,21,23). The number of benzene rings is 2. The minimum Gasteiger partial charge on any atom is -0.341 e. The maximum absolute atomic E-state index is 12.4. The van der Waals surface area contributed by atoms with Gasteiger partial charge in [0.05, 0.1) is 6.04 Å². The average molecular weight is 324 g/mol. The van der Waals surface area contributed by atoms with Gasteiger partial charge in [0.2, 0.25) is 0 Å². The van der Waals surface area contributed by atoms with Crippen LogP contribution in [-0.2, 0) is 16.1 Å². The Hall–Kier alpha value is -2.62. The summed E-state index contributed by atoms with van der Waals surface area (Å²) in [7, 11) is 1.64. The molecule has 0 aliphatic heterocycles. The third-order valence-corrected chi connectivity index (χ3v) is 3.92. The normalized spacial score (nSPS) is 11.8. The summed E-state index contributed by atoms with van der Waals surface area (Å²) in [6.45, 7) is 4.46. The zero-order valence-corrected chi connectivity index (χ0v) is 14.4. The maximum Gasteiger partial charge on any atom is 0.311 e. The molecule has 2 rings (SSSR count). The second kappa shape index (κ2) is 8.29. The number of hydrogen-bond donors (Lipinski definition) is 1. The van der Waals surface area contributed by atoms with E-state index in [1.165, 1.54) is 4.90 Å². The molecule has 1 atom stereocenters. The van der Waals surface area contributed by atoms with Gasteiger partial charge in [0, 0.05) is 13.6 Å². The summed E-state index contributed by atoms with van der Waals surface area (Å²) in [6, 6.07) is 19.1. The number of rotatable bonds is 5. The molecule has 0 aliphatic rings. The lowest BCUT2D eigenvalue weighted by Crippen LogP contribution is -2.43. The fourth-order valence-corrected chi connectivity index (χ4v) is 2.60. The molecule has 0 spiro atoms. The Morgan fingerprint density at radius 1 is 0.958 bits per heavy atom. The smallest absolute Gasteiger partial charge is 0.311 e. The number of likely N-dealkylation sites (N-methyl/N-ethyl adjacent to an activating group) is 1. The van der Waals surface area contributed by atoms with Crippen LogP contribution >= 0.6 is 0 Å². The maximum atomic E-state index is 12.4. The highest BCUT2D eigenvalue weighted by Crippen LogP contribution is 2.21. The van der Waals surface area contributed by atoms with E-state index in [0.29, 0.717) is 6.54 Å². The van der Waals surface area contributed by atoms with Crippen molar-refractivity contribution in [3.63, 3.8) is 0 Å². The fourth-order valence-electron chi connectivity index (χ4n) is 2.60. The Kier molecular flexibility index (Phi) is 6.13.